The van der Waals surface area contributed by atoms with Crippen molar-refractivity contribution in [2.24, 2.45) is 0 Å². The van der Waals surface area contributed by atoms with Crippen molar-refractivity contribution >= 4 is 27.8 Å². The van der Waals surface area contributed by atoms with Gasteiger partial charge in [-0.2, -0.15) is 0 Å². The van der Waals surface area contributed by atoms with Gasteiger partial charge in [-0.25, -0.2) is 9.97 Å². The van der Waals surface area contributed by atoms with E-state index in [4.69, 9.17) is 10.5 Å². The highest BCUT2D eigenvalue weighted by molar-refractivity contribution is 5.95. The number of hydrogen-bond acceptors (Lipinski definition) is 5. The van der Waals surface area contributed by atoms with Crippen molar-refractivity contribution in [3.63, 3.8) is 0 Å². The molecule has 1 saturated carbocycles. The first kappa shape index (κ1) is 19.4. The molecule has 1 saturated heterocycles. The van der Waals surface area contributed by atoms with Crippen LogP contribution in [0, 0.1) is 11.8 Å². The molecule has 3 aromatic heterocycles. The number of nitrogens with one attached hydrogen (secondary N) is 1. The summed E-state index contributed by atoms with van der Waals surface area (Å²) in [7, 11) is 1.74. The summed E-state index contributed by atoms with van der Waals surface area (Å²) < 4.78 is 9.90. The summed E-state index contributed by atoms with van der Waals surface area (Å²) in [6.45, 7) is 1.61. The zero-order valence-corrected chi connectivity index (χ0v) is 18.1. The van der Waals surface area contributed by atoms with E-state index in [-0.39, 0.29) is 0 Å². The van der Waals surface area contributed by atoms with Crippen molar-refractivity contribution in [2.45, 2.75) is 37.4 Å². The first-order valence-electron chi connectivity index (χ1n) is 11.2. The summed E-state index contributed by atoms with van der Waals surface area (Å²) >= 11 is 0. The molecule has 4 aromatic rings. The highest BCUT2D eigenvalue weighted by atomic mass is 16.5. The molecule has 0 spiro atoms. The van der Waals surface area contributed by atoms with E-state index in [1.807, 2.05) is 12.4 Å². The smallest absolute Gasteiger partial charge is 0.134 e. The Kier molecular flexibility index (Phi) is 4.63. The van der Waals surface area contributed by atoms with E-state index in [0.717, 1.165) is 40.5 Å². The molecule has 32 heavy (non-hydrogen) atoms. The molecule has 0 radical (unpaired) electrons. The Bertz CT molecular complexity index is 1370. The second-order valence-corrected chi connectivity index (χ2v) is 8.83. The lowest BCUT2D eigenvalue weighted by molar-refractivity contribution is 0.172. The quantitative estimate of drug-likeness (QED) is 0.490. The zero-order valence-electron chi connectivity index (χ0n) is 18.1. The van der Waals surface area contributed by atoms with E-state index in [2.05, 4.69) is 60.7 Å². The van der Waals surface area contributed by atoms with Gasteiger partial charge in [-0.1, -0.05) is 11.8 Å². The van der Waals surface area contributed by atoms with Gasteiger partial charge in [0.15, 0.2) is 0 Å². The maximum absolute atomic E-state index is 6.28. The Morgan fingerprint density at radius 2 is 2.03 bits per heavy atom. The molecule has 4 heterocycles. The molecule has 0 amide bonds. The fourth-order valence-electron chi connectivity index (χ4n) is 4.86. The number of ether oxygens (including phenoxy) is 1. The molecule has 162 valence electrons. The number of imidazole rings is 1. The highest BCUT2D eigenvalue weighted by Gasteiger charge is 2.27. The number of nitrogens with zero attached hydrogens (tertiary/aromatic N) is 4. The summed E-state index contributed by atoms with van der Waals surface area (Å²) in [6.07, 6.45) is 9.34. The molecule has 3 N–H and O–H groups in total. The largest absolute Gasteiger partial charge is 0.383 e. The molecule has 7 nitrogen and oxygen atoms in total. The van der Waals surface area contributed by atoms with Gasteiger partial charge in [-0.3, -0.25) is 0 Å². The number of anilines is 1. The third-order valence-corrected chi connectivity index (χ3v) is 6.59. The molecular weight excluding hydrogens is 400 g/mol. The average Bonchev–Trinajstić information content (AvgIpc) is 3.22. The van der Waals surface area contributed by atoms with E-state index in [0.29, 0.717) is 30.6 Å². The van der Waals surface area contributed by atoms with E-state index >= 15 is 0 Å². The molecule has 0 unspecified atom stereocenters. The number of methoxy groups -OCH3 is 1. The number of rotatable bonds is 4. The number of hydrogen-bond donors (Lipinski definition) is 2. The predicted molar refractivity (Wildman–Crippen MR) is 125 cm³/mol. The van der Waals surface area contributed by atoms with Crippen molar-refractivity contribution in [1.82, 2.24) is 24.4 Å². The molecule has 1 aromatic carbocycles. The second-order valence-electron chi connectivity index (χ2n) is 8.83. The normalized spacial score (nSPS) is 20.7. The molecule has 1 aliphatic carbocycles. The molecule has 0 bridgehead atoms. The van der Waals surface area contributed by atoms with Crippen LogP contribution in [0.4, 0.5) is 5.82 Å². The molecule has 1 aliphatic heterocycles. The summed E-state index contributed by atoms with van der Waals surface area (Å²) in [5.74, 6) is 7.21. The standard InChI is InChI=1S/C25H26N6O/c1-32-14-18-11-20(12-28-18)30-13-17(24-23(30)8-9-27-25(24)26)4-2-16-3-7-22-21(10-16)29-15-31(22)19-5-6-19/h3,7-10,13,15,18-20,28H,5-6,11-12,14H2,1H3,(H2,26,27)/t18-,20+/m1/s1. The molecule has 2 aliphatic rings. The van der Waals surface area contributed by atoms with Crippen LogP contribution in [-0.4, -0.2) is 45.4 Å². The van der Waals surface area contributed by atoms with Gasteiger partial charge in [-0.05, 0) is 43.5 Å². The predicted octanol–water partition coefficient (Wildman–Crippen LogP) is 3.25. The van der Waals surface area contributed by atoms with Crippen LogP contribution in [0.3, 0.4) is 0 Å². The first-order chi connectivity index (χ1) is 15.7. The van der Waals surface area contributed by atoms with Crippen molar-refractivity contribution in [3.05, 3.63) is 54.1 Å². The Morgan fingerprint density at radius 1 is 1.12 bits per heavy atom. The van der Waals surface area contributed by atoms with Crippen molar-refractivity contribution < 1.29 is 4.74 Å². The van der Waals surface area contributed by atoms with Gasteiger partial charge < -0.3 is 24.9 Å². The lowest BCUT2D eigenvalue weighted by Crippen LogP contribution is -2.25. The number of benzene rings is 1. The summed E-state index contributed by atoms with van der Waals surface area (Å²) in [5, 5.41) is 4.47. The lowest BCUT2D eigenvalue weighted by Gasteiger charge is -2.13. The third kappa shape index (κ3) is 3.32. The van der Waals surface area contributed by atoms with Crippen LogP contribution in [0.5, 0.6) is 0 Å². The minimum Gasteiger partial charge on any atom is -0.383 e. The van der Waals surface area contributed by atoms with Crippen LogP contribution < -0.4 is 11.1 Å². The molecule has 7 heteroatoms. The maximum atomic E-state index is 6.28. The van der Waals surface area contributed by atoms with E-state index in [1.54, 1.807) is 13.3 Å². The Labute approximate surface area is 186 Å². The lowest BCUT2D eigenvalue weighted by atomic mass is 10.1. The number of nitrogens with two attached hydrogens (primary N) is 1. The summed E-state index contributed by atoms with van der Waals surface area (Å²) in [5.41, 5.74) is 11.4. The Hall–Kier alpha value is -3.34. The van der Waals surface area contributed by atoms with Gasteiger partial charge in [-0.15, -0.1) is 0 Å². The van der Waals surface area contributed by atoms with Crippen LogP contribution in [0.15, 0.2) is 43.0 Å². The van der Waals surface area contributed by atoms with Crippen molar-refractivity contribution in [1.29, 1.82) is 0 Å². The van der Waals surface area contributed by atoms with Gasteiger partial charge in [0.05, 0.1) is 40.4 Å². The number of pyridine rings is 1. The fraction of sp³-hybridized carbons (Fsp3) is 0.360. The SMILES string of the molecule is COC[C@H]1C[C@H](n2cc(C#Cc3ccc4c(c3)ncn4C3CC3)c3c(N)nccc32)CN1. The van der Waals surface area contributed by atoms with Gasteiger partial charge >= 0.3 is 0 Å². The fourth-order valence-corrected chi connectivity index (χ4v) is 4.86. The monoisotopic (exact) mass is 426 g/mol. The average molecular weight is 427 g/mol. The molecule has 6 rings (SSSR count). The van der Waals surface area contributed by atoms with Crippen molar-refractivity contribution in [2.75, 3.05) is 26.0 Å². The van der Waals surface area contributed by atoms with Gasteiger partial charge in [0.1, 0.15) is 5.82 Å². The van der Waals surface area contributed by atoms with Crippen LogP contribution in [0.25, 0.3) is 21.9 Å². The minimum absolute atomic E-state index is 0.331. The topological polar surface area (TPSA) is 82.9 Å². The van der Waals surface area contributed by atoms with Crippen LogP contribution in [0.2, 0.25) is 0 Å². The highest BCUT2D eigenvalue weighted by Crippen LogP contribution is 2.37. The zero-order chi connectivity index (χ0) is 21.7. The van der Waals surface area contributed by atoms with Crippen LogP contribution in [0.1, 0.15) is 42.5 Å². The van der Waals surface area contributed by atoms with Gasteiger partial charge in [0.2, 0.25) is 0 Å². The molecular formula is C25H26N6O. The molecule has 2 atom stereocenters. The summed E-state index contributed by atoms with van der Waals surface area (Å²) in [6, 6.07) is 9.61. The van der Waals surface area contributed by atoms with E-state index in [1.165, 1.54) is 18.4 Å². The van der Waals surface area contributed by atoms with Gasteiger partial charge in [0.25, 0.3) is 0 Å². The Balaban J connectivity index is 1.36. The first-order valence-corrected chi connectivity index (χ1v) is 11.2. The Morgan fingerprint density at radius 3 is 2.88 bits per heavy atom. The van der Waals surface area contributed by atoms with E-state index < -0.39 is 0 Å². The minimum atomic E-state index is 0.331. The van der Waals surface area contributed by atoms with Gasteiger partial charge in [0, 0.05) is 49.7 Å². The second kappa shape index (κ2) is 7.66. The molecule has 2 fully saturated rings. The van der Waals surface area contributed by atoms with Crippen molar-refractivity contribution in [3.8, 4) is 11.8 Å². The summed E-state index contributed by atoms with van der Waals surface area (Å²) in [4.78, 5) is 8.90. The number of nitrogen functional groups attached to an aromatic ring is 1. The maximum Gasteiger partial charge on any atom is 0.134 e. The third-order valence-electron chi connectivity index (χ3n) is 6.59. The van der Waals surface area contributed by atoms with Crippen LogP contribution >= 0.6 is 0 Å². The van der Waals surface area contributed by atoms with E-state index in [9.17, 15) is 0 Å². The number of aromatic nitrogens is 4. The number of fused-ring (bicyclic) bond motifs is 2. The van der Waals surface area contributed by atoms with Crippen LogP contribution in [-0.2, 0) is 4.74 Å².